The molecule has 2 unspecified atom stereocenters. The van der Waals surface area contributed by atoms with Crippen molar-refractivity contribution in [3.63, 3.8) is 0 Å². The quantitative estimate of drug-likeness (QED) is 0.394. The molecule has 0 fully saturated rings. The van der Waals surface area contributed by atoms with E-state index in [2.05, 4.69) is 20.3 Å². The molecule has 0 saturated carbocycles. The van der Waals surface area contributed by atoms with Gasteiger partial charge in [-0.1, -0.05) is 11.8 Å². The minimum atomic E-state index is -1.23. The number of methoxy groups -OCH3 is 1. The van der Waals surface area contributed by atoms with Crippen molar-refractivity contribution in [3.05, 3.63) is 42.0 Å². The van der Waals surface area contributed by atoms with E-state index in [1.807, 2.05) is 6.07 Å². The summed E-state index contributed by atoms with van der Waals surface area (Å²) >= 11 is 1.50. The van der Waals surface area contributed by atoms with Crippen molar-refractivity contribution in [1.29, 1.82) is 0 Å². The van der Waals surface area contributed by atoms with E-state index in [4.69, 9.17) is 14.2 Å². The molecule has 186 valence electrons. The van der Waals surface area contributed by atoms with Gasteiger partial charge in [0, 0.05) is 37.5 Å². The van der Waals surface area contributed by atoms with Crippen LogP contribution >= 0.6 is 11.8 Å². The number of thioether (sulfide) groups is 1. The highest BCUT2D eigenvalue weighted by Crippen LogP contribution is 2.39. The van der Waals surface area contributed by atoms with Crippen LogP contribution in [0.15, 0.2) is 40.5 Å². The Bertz CT molecular complexity index is 1280. The molecule has 0 radical (unpaired) electrons. The highest BCUT2D eigenvalue weighted by molar-refractivity contribution is 8.15. The number of amides is 1. The van der Waals surface area contributed by atoms with Crippen LogP contribution in [0.4, 0.5) is 4.39 Å². The number of fused-ring (bicyclic) bond motifs is 1. The van der Waals surface area contributed by atoms with Gasteiger partial charge in [-0.3, -0.25) is 14.0 Å². The van der Waals surface area contributed by atoms with Gasteiger partial charge in [0.25, 0.3) is 0 Å². The van der Waals surface area contributed by atoms with Crippen molar-refractivity contribution < 1.29 is 27.6 Å². The maximum Gasteiger partial charge on any atom is 0.220 e. The van der Waals surface area contributed by atoms with Gasteiger partial charge in [-0.15, -0.1) is 0 Å². The first-order valence-corrected chi connectivity index (χ1v) is 13.2. The summed E-state index contributed by atoms with van der Waals surface area (Å²) in [4.78, 5) is 23.6. The van der Waals surface area contributed by atoms with Crippen LogP contribution in [0, 0.1) is 5.82 Å². The Labute approximate surface area is 208 Å². The lowest BCUT2D eigenvalue weighted by molar-refractivity contribution is -0.120. The lowest BCUT2D eigenvalue weighted by atomic mass is 10.2. The van der Waals surface area contributed by atoms with E-state index in [-0.39, 0.29) is 35.9 Å². The molecule has 1 aliphatic rings. The average Bonchev–Trinajstić information content (AvgIpc) is 3.48. The number of benzene rings is 1. The first-order valence-electron chi connectivity index (χ1n) is 10.8. The Kier molecular flexibility index (Phi) is 8.04. The second kappa shape index (κ2) is 11.2. The molecule has 9 nitrogen and oxygen atoms in total. The molecule has 12 heteroatoms. The largest absolute Gasteiger partial charge is 0.486 e. The van der Waals surface area contributed by atoms with Gasteiger partial charge < -0.3 is 24.5 Å². The molecule has 2 N–H and O–H groups in total. The number of hydrogen-bond donors (Lipinski definition) is 2. The number of aromatic nitrogens is 2. The summed E-state index contributed by atoms with van der Waals surface area (Å²) in [6.07, 6.45) is 3.28. The standard InChI is InChI=1S/C23H25FN4O5S2/c1-25-18(29)10-15-12-27-23(34-15)16-8-13-9-17(33-14-4-5-19(26-11-14)35(3)30)20(24)22(21(13)28-16)32-7-6-31-2/h4-5,8-9,11,15,28H,6-7,10,12H2,1-3H3,(H,25,29). The van der Waals surface area contributed by atoms with Crippen molar-refractivity contribution >= 4 is 44.4 Å². The monoisotopic (exact) mass is 520 g/mol. The third-order valence-electron chi connectivity index (χ3n) is 5.18. The molecule has 35 heavy (non-hydrogen) atoms. The average molecular weight is 521 g/mol. The van der Waals surface area contributed by atoms with Crippen molar-refractivity contribution in [1.82, 2.24) is 15.3 Å². The van der Waals surface area contributed by atoms with Crippen LogP contribution in [0.1, 0.15) is 12.1 Å². The third-order valence-corrected chi connectivity index (χ3v) is 7.23. The molecule has 3 aromatic rings. The molecule has 0 aliphatic carbocycles. The number of rotatable bonds is 10. The molecular formula is C23H25FN4O5S2. The fourth-order valence-electron chi connectivity index (χ4n) is 3.46. The van der Waals surface area contributed by atoms with E-state index < -0.39 is 16.6 Å². The molecule has 2 aromatic heterocycles. The van der Waals surface area contributed by atoms with Crippen LogP contribution < -0.4 is 14.8 Å². The van der Waals surface area contributed by atoms with Gasteiger partial charge in [0.2, 0.25) is 11.7 Å². The topological polar surface area (TPSA) is 115 Å². The lowest BCUT2D eigenvalue weighted by Crippen LogP contribution is -2.22. The Hall–Kier alpha value is -2.96. The Morgan fingerprint density at radius 1 is 1.34 bits per heavy atom. The highest BCUT2D eigenvalue weighted by Gasteiger charge is 2.26. The number of ether oxygens (including phenoxy) is 3. The number of nitrogens with zero attached hydrogens (tertiary/aromatic N) is 2. The Morgan fingerprint density at radius 2 is 2.17 bits per heavy atom. The Morgan fingerprint density at radius 3 is 2.86 bits per heavy atom. The molecule has 2 atom stereocenters. The van der Waals surface area contributed by atoms with E-state index in [0.29, 0.717) is 40.3 Å². The Balaban J connectivity index is 1.65. The van der Waals surface area contributed by atoms with Crippen LogP contribution in [0.25, 0.3) is 10.9 Å². The SMILES string of the molecule is CNC(=O)CC1CN=C(c2cc3cc(Oc4ccc(S(C)=O)nc4)c(F)c(OCCOC)c3[nH]2)S1. The minimum absolute atomic E-state index is 0.00514. The smallest absolute Gasteiger partial charge is 0.220 e. The first-order chi connectivity index (χ1) is 16.9. The summed E-state index contributed by atoms with van der Waals surface area (Å²) in [7, 11) is 1.91. The van der Waals surface area contributed by atoms with Crippen LogP contribution in [0.5, 0.6) is 17.2 Å². The number of hydrogen-bond acceptors (Lipinski definition) is 8. The van der Waals surface area contributed by atoms with Gasteiger partial charge >= 0.3 is 0 Å². The van der Waals surface area contributed by atoms with E-state index in [9.17, 15) is 9.00 Å². The molecular weight excluding hydrogens is 495 g/mol. The summed E-state index contributed by atoms with van der Waals surface area (Å²) < 4.78 is 43.6. The molecule has 0 bridgehead atoms. The van der Waals surface area contributed by atoms with Crippen molar-refractivity contribution in [3.8, 4) is 17.2 Å². The van der Waals surface area contributed by atoms with Gasteiger partial charge in [-0.05, 0) is 24.3 Å². The van der Waals surface area contributed by atoms with E-state index >= 15 is 4.39 Å². The molecule has 3 heterocycles. The zero-order valence-corrected chi connectivity index (χ0v) is 21.1. The molecule has 4 rings (SSSR count). The predicted molar refractivity (Wildman–Crippen MR) is 134 cm³/mol. The highest BCUT2D eigenvalue weighted by atomic mass is 32.2. The fourth-order valence-corrected chi connectivity index (χ4v) is 5.00. The third kappa shape index (κ3) is 5.82. The molecule has 0 spiro atoms. The number of aromatic amines is 1. The second-order valence-corrected chi connectivity index (χ2v) is 10.3. The van der Waals surface area contributed by atoms with Crippen LogP contribution in [0.3, 0.4) is 0 Å². The number of nitrogens with one attached hydrogen (secondary N) is 2. The van der Waals surface area contributed by atoms with Gasteiger partial charge in [0.05, 0.1) is 41.4 Å². The summed E-state index contributed by atoms with van der Waals surface area (Å²) in [6, 6.07) is 6.57. The number of carbonyl (C=O) groups excluding carboxylic acids is 1. The second-order valence-electron chi connectivity index (χ2n) is 7.66. The number of carbonyl (C=O) groups is 1. The number of aliphatic imine (C=N–C) groups is 1. The van der Waals surface area contributed by atoms with Crippen LogP contribution in [0.2, 0.25) is 0 Å². The summed E-state index contributed by atoms with van der Waals surface area (Å²) in [5.74, 6) is -0.458. The summed E-state index contributed by atoms with van der Waals surface area (Å²) in [5, 5.41) is 4.48. The maximum atomic E-state index is 15.5. The molecule has 1 aliphatic heterocycles. The van der Waals surface area contributed by atoms with Gasteiger partial charge in [0.15, 0.2) is 11.5 Å². The first kappa shape index (κ1) is 25.1. The molecule has 1 aromatic carbocycles. The van der Waals surface area contributed by atoms with E-state index in [0.717, 1.165) is 5.04 Å². The lowest BCUT2D eigenvalue weighted by Gasteiger charge is -2.12. The maximum absolute atomic E-state index is 15.5. The van der Waals surface area contributed by atoms with Gasteiger partial charge in [-0.2, -0.15) is 4.39 Å². The van der Waals surface area contributed by atoms with Crippen LogP contribution in [-0.4, -0.2) is 70.5 Å². The molecule has 1 amide bonds. The minimum Gasteiger partial charge on any atom is -0.486 e. The summed E-state index contributed by atoms with van der Waals surface area (Å²) in [6.45, 7) is 0.944. The normalized spacial score (nSPS) is 16.2. The number of pyridine rings is 1. The number of H-pyrrole nitrogens is 1. The zero-order valence-electron chi connectivity index (χ0n) is 19.4. The summed E-state index contributed by atoms with van der Waals surface area (Å²) in [5.41, 5.74) is 1.17. The van der Waals surface area contributed by atoms with Crippen molar-refractivity contribution in [2.24, 2.45) is 4.99 Å². The number of halogens is 1. The van der Waals surface area contributed by atoms with Crippen molar-refractivity contribution in [2.45, 2.75) is 16.7 Å². The van der Waals surface area contributed by atoms with Crippen LogP contribution in [-0.2, 0) is 20.3 Å². The fraction of sp³-hybridized carbons (Fsp3) is 0.348. The van der Waals surface area contributed by atoms with Crippen molar-refractivity contribution in [2.75, 3.05) is 40.2 Å². The van der Waals surface area contributed by atoms with E-state index in [1.54, 1.807) is 25.2 Å². The zero-order chi connectivity index (χ0) is 24.9. The van der Waals surface area contributed by atoms with E-state index in [1.165, 1.54) is 31.3 Å². The van der Waals surface area contributed by atoms with Gasteiger partial charge in [-0.25, -0.2) is 4.98 Å². The predicted octanol–water partition coefficient (Wildman–Crippen LogP) is 3.26. The molecule has 0 saturated heterocycles. The van der Waals surface area contributed by atoms with Gasteiger partial charge in [0.1, 0.15) is 22.4 Å².